The number of nitrogens with one attached hydrogen (secondary N) is 2. The summed E-state index contributed by atoms with van der Waals surface area (Å²) in [6.07, 6.45) is 0. The van der Waals surface area contributed by atoms with E-state index >= 15 is 0 Å². The molecule has 0 radical (unpaired) electrons. The highest BCUT2D eigenvalue weighted by Gasteiger charge is 2.16. The molecule has 0 saturated heterocycles. The van der Waals surface area contributed by atoms with Gasteiger partial charge in [0.15, 0.2) is 0 Å². The van der Waals surface area contributed by atoms with Crippen LogP contribution in [0.3, 0.4) is 0 Å². The van der Waals surface area contributed by atoms with Gasteiger partial charge < -0.3 is 25.6 Å². The minimum atomic E-state index is -1.23. The molecule has 1 aromatic carbocycles. The number of phenols is 1. The number of anilines is 1. The summed E-state index contributed by atoms with van der Waals surface area (Å²) < 4.78 is 5.03. The van der Waals surface area contributed by atoms with Crippen molar-refractivity contribution in [1.82, 2.24) is 5.32 Å². The fraction of sp³-hybridized carbons (Fsp3) is 0.429. The first-order chi connectivity index (χ1) is 9.85. The van der Waals surface area contributed by atoms with Crippen LogP contribution < -0.4 is 10.6 Å². The predicted molar refractivity (Wildman–Crippen MR) is 77.7 cm³/mol. The summed E-state index contributed by atoms with van der Waals surface area (Å²) in [6.45, 7) is 4.29. The third-order valence-corrected chi connectivity index (χ3v) is 2.95. The van der Waals surface area contributed by atoms with Crippen molar-refractivity contribution in [2.24, 2.45) is 5.92 Å². The van der Waals surface area contributed by atoms with Crippen molar-refractivity contribution in [2.75, 3.05) is 19.0 Å². The number of carbonyl (C=O) groups excluding carboxylic acids is 1. The Labute approximate surface area is 122 Å². The predicted octanol–water partition coefficient (Wildman–Crippen LogP) is 1.88. The maximum atomic E-state index is 11.9. The van der Waals surface area contributed by atoms with Gasteiger partial charge in [-0.2, -0.15) is 0 Å². The normalized spacial score (nSPS) is 12.0. The number of aromatic hydroxyl groups is 1. The van der Waals surface area contributed by atoms with Gasteiger partial charge in [0.05, 0.1) is 12.6 Å². The molecule has 2 amide bonds. The number of methoxy groups -OCH3 is 1. The molecule has 0 fully saturated rings. The Morgan fingerprint density at radius 2 is 2.00 bits per heavy atom. The highest BCUT2D eigenvalue weighted by atomic mass is 16.5. The first-order valence-corrected chi connectivity index (χ1v) is 6.48. The maximum Gasteiger partial charge on any atom is 0.339 e. The number of hydrogen-bond donors (Lipinski definition) is 4. The van der Waals surface area contributed by atoms with Crippen LogP contribution in [0.4, 0.5) is 10.5 Å². The van der Waals surface area contributed by atoms with E-state index < -0.39 is 17.7 Å². The zero-order valence-electron chi connectivity index (χ0n) is 12.2. The minimum absolute atomic E-state index is 0.151. The van der Waals surface area contributed by atoms with Gasteiger partial charge in [0.25, 0.3) is 0 Å². The second kappa shape index (κ2) is 7.49. The average Bonchev–Trinajstić information content (AvgIpc) is 2.37. The molecule has 0 bridgehead atoms. The van der Waals surface area contributed by atoms with Crippen LogP contribution in [-0.4, -0.2) is 42.0 Å². The molecular formula is C14H20N2O5. The Kier molecular flexibility index (Phi) is 5.98. The standard InChI is InChI=1S/C14H20N2O5/c1-8(2)11(7-21-3)16-14(20)15-9-4-5-10(13(18)19)12(17)6-9/h4-6,8,11,17H,7H2,1-3H3,(H,18,19)(H2,15,16,20). The number of urea groups is 1. The molecule has 1 rings (SSSR count). The molecule has 0 spiro atoms. The first-order valence-electron chi connectivity index (χ1n) is 6.48. The van der Waals surface area contributed by atoms with E-state index in [0.29, 0.717) is 12.3 Å². The van der Waals surface area contributed by atoms with Gasteiger partial charge in [-0.3, -0.25) is 0 Å². The summed E-state index contributed by atoms with van der Waals surface area (Å²) >= 11 is 0. The van der Waals surface area contributed by atoms with E-state index in [1.807, 2.05) is 13.8 Å². The van der Waals surface area contributed by atoms with E-state index in [-0.39, 0.29) is 17.5 Å². The van der Waals surface area contributed by atoms with Gasteiger partial charge in [-0.25, -0.2) is 9.59 Å². The molecule has 0 aliphatic rings. The number of carboxylic acid groups (broad SMARTS) is 1. The second-order valence-corrected chi connectivity index (χ2v) is 4.94. The summed E-state index contributed by atoms with van der Waals surface area (Å²) in [5.41, 5.74) is 0.0790. The number of hydrogen-bond acceptors (Lipinski definition) is 4. The van der Waals surface area contributed by atoms with Crippen LogP contribution in [0.5, 0.6) is 5.75 Å². The molecule has 0 heterocycles. The highest BCUT2D eigenvalue weighted by Crippen LogP contribution is 2.21. The largest absolute Gasteiger partial charge is 0.507 e. The summed E-state index contributed by atoms with van der Waals surface area (Å²) in [6, 6.07) is 3.21. The molecule has 1 unspecified atom stereocenters. The van der Waals surface area contributed by atoms with E-state index in [4.69, 9.17) is 9.84 Å². The lowest BCUT2D eigenvalue weighted by molar-refractivity contribution is 0.0694. The molecule has 21 heavy (non-hydrogen) atoms. The number of aromatic carboxylic acids is 1. The Balaban J connectivity index is 2.70. The Morgan fingerprint density at radius 3 is 2.48 bits per heavy atom. The van der Waals surface area contributed by atoms with Crippen LogP contribution in [-0.2, 0) is 4.74 Å². The van der Waals surface area contributed by atoms with Crippen LogP contribution in [0.2, 0.25) is 0 Å². The summed E-state index contributed by atoms with van der Waals surface area (Å²) in [5.74, 6) is -1.44. The van der Waals surface area contributed by atoms with Crippen molar-refractivity contribution >= 4 is 17.7 Å². The van der Waals surface area contributed by atoms with Crippen LogP contribution in [0, 0.1) is 5.92 Å². The highest BCUT2D eigenvalue weighted by molar-refractivity contribution is 5.94. The Bertz CT molecular complexity index is 516. The minimum Gasteiger partial charge on any atom is -0.507 e. The molecule has 116 valence electrons. The molecule has 0 aliphatic heterocycles. The number of carboxylic acids is 1. The van der Waals surface area contributed by atoms with Crippen molar-refractivity contribution < 1.29 is 24.5 Å². The monoisotopic (exact) mass is 296 g/mol. The fourth-order valence-electron chi connectivity index (χ4n) is 1.71. The van der Waals surface area contributed by atoms with Crippen LogP contribution in [0.25, 0.3) is 0 Å². The number of ether oxygens (including phenoxy) is 1. The lowest BCUT2D eigenvalue weighted by Gasteiger charge is -2.21. The van der Waals surface area contributed by atoms with Gasteiger partial charge >= 0.3 is 12.0 Å². The van der Waals surface area contributed by atoms with Gasteiger partial charge in [-0.1, -0.05) is 13.8 Å². The molecule has 1 atom stereocenters. The smallest absolute Gasteiger partial charge is 0.339 e. The first kappa shape index (κ1) is 16.8. The van der Waals surface area contributed by atoms with Gasteiger partial charge in [-0.15, -0.1) is 0 Å². The van der Waals surface area contributed by atoms with Gasteiger partial charge in [0.2, 0.25) is 0 Å². The molecule has 4 N–H and O–H groups in total. The van der Waals surface area contributed by atoms with E-state index in [9.17, 15) is 14.7 Å². The lowest BCUT2D eigenvalue weighted by Crippen LogP contribution is -2.43. The number of amides is 2. The SMILES string of the molecule is COCC(NC(=O)Nc1ccc(C(=O)O)c(O)c1)C(C)C. The van der Waals surface area contributed by atoms with Crippen LogP contribution in [0.15, 0.2) is 18.2 Å². The van der Waals surface area contributed by atoms with Gasteiger partial charge in [0.1, 0.15) is 11.3 Å². The van der Waals surface area contributed by atoms with Crippen LogP contribution in [0.1, 0.15) is 24.2 Å². The lowest BCUT2D eigenvalue weighted by atomic mass is 10.1. The summed E-state index contributed by atoms with van der Waals surface area (Å²) in [5, 5.41) is 23.6. The third-order valence-electron chi connectivity index (χ3n) is 2.95. The van der Waals surface area contributed by atoms with Gasteiger partial charge in [-0.05, 0) is 18.1 Å². The van der Waals surface area contributed by atoms with E-state index in [1.165, 1.54) is 18.2 Å². The number of carbonyl (C=O) groups is 2. The Hall–Kier alpha value is -2.28. The number of rotatable bonds is 6. The second-order valence-electron chi connectivity index (χ2n) is 4.94. The summed E-state index contributed by atoms with van der Waals surface area (Å²) in [7, 11) is 1.55. The topological polar surface area (TPSA) is 108 Å². The van der Waals surface area contributed by atoms with E-state index in [2.05, 4.69) is 10.6 Å². The molecule has 1 aromatic rings. The van der Waals surface area contributed by atoms with Crippen molar-refractivity contribution in [3.8, 4) is 5.75 Å². The van der Waals surface area contributed by atoms with Crippen molar-refractivity contribution in [3.63, 3.8) is 0 Å². The van der Waals surface area contributed by atoms with Gasteiger partial charge in [0, 0.05) is 18.9 Å². The third kappa shape index (κ3) is 4.96. The van der Waals surface area contributed by atoms with Crippen LogP contribution >= 0.6 is 0 Å². The Morgan fingerprint density at radius 1 is 1.33 bits per heavy atom. The fourth-order valence-corrected chi connectivity index (χ4v) is 1.71. The van der Waals surface area contributed by atoms with Crippen molar-refractivity contribution in [1.29, 1.82) is 0 Å². The quantitative estimate of drug-likeness (QED) is 0.641. The molecule has 0 saturated carbocycles. The molecule has 0 aliphatic carbocycles. The molecule has 0 aromatic heterocycles. The van der Waals surface area contributed by atoms with E-state index in [0.717, 1.165) is 0 Å². The molecule has 7 heteroatoms. The van der Waals surface area contributed by atoms with E-state index in [1.54, 1.807) is 7.11 Å². The van der Waals surface area contributed by atoms with Crippen molar-refractivity contribution in [2.45, 2.75) is 19.9 Å². The molecular weight excluding hydrogens is 276 g/mol. The molecule has 7 nitrogen and oxygen atoms in total. The maximum absolute atomic E-state index is 11.9. The van der Waals surface area contributed by atoms with Crippen molar-refractivity contribution in [3.05, 3.63) is 23.8 Å². The number of benzene rings is 1. The summed E-state index contributed by atoms with van der Waals surface area (Å²) in [4.78, 5) is 22.6. The zero-order valence-corrected chi connectivity index (χ0v) is 12.2. The zero-order chi connectivity index (χ0) is 16.0. The average molecular weight is 296 g/mol.